The minimum atomic E-state index is -0.209. The van der Waals surface area contributed by atoms with Crippen LogP contribution in [0.2, 0.25) is 0 Å². The van der Waals surface area contributed by atoms with E-state index in [2.05, 4.69) is 4.90 Å². The Kier molecular flexibility index (Phi) is 4.10. The Morgan fingerprint density at radius 3 is 2.82 bits per heavy atom. The summed E-state index contributed by atoms with van der Waals surface area (Å²) in [7, 11) is 2.05. The molecule has 1 aliphatic rings. The molecule has 1 aromatic rings. The zero-order valence-corrected chi connectivity index (χ0v) is 10.2. The van der Waals surface area contributed by atoms with Crippen LogP contribution in [0.5, 0.6) is 0 Å². The average Bonchev–Trinajstić information content (AvgIpc) is 2.81. The average molecular weight is 238 g/mol. The molecule has 4 heteroatoms. The van der Waals surface area contributed by atoms with E-state index >= 15 is 0 Å². The van der Waals surface area contributed by atoms with Crippen molar-refractivity contribution < 1.29 is 9.13 Å². The quantitative estimate of drug-likeness (QED) is 0.864. The number of halogens is 1. The second kappa shape index (κ2) is 5.58. The number of hydrogen-bond acceptors (Lipinski definition) is 3. The summed E-state index contributed by atoms with van der Waals surface area (Å²) in [5, 5.41) is 0. The largest absolute Gasteiger partial charge is 0.380 e. The molecule has 0 radical (unpaired) electrons. The fourth-order valence-corrected chi connectivity index (χ4v) is 2.21. The van der Waals surface area contributed by atoms with Gasteiger partial charge in [0, 0.05) is 25.7 Å². The Hall–Kier alpha value is -0.970. The lowest BCUT2D eigenvalue weighted by Crippen LogP contribution is -2.31. The Morgan fingerprint density at radius 2 is 2.18 bits per heavy atom. The van der Waals surface area contributed by atoms with Gasteiger partial charge in [0.2, 0.25) is 0 Å². The van der Waals surface area contributed by atoms with E-state index in [4.69, 9.17) is 10.5 Å². The molecule has 94 valence electrons. The number of nitrogens with zero attached hydrogens (tertiary/aromatic N) is 1. The molecule has 0 aliphatic carbocycles. The second-order valence-corrected chi connectivity index (χ2v) is 4.60. The SMILES string of the molecule is CN(Cc1cc(F)cc(CN)c1)C1CCOC1. The molecule has 0 bridgehead atoms. The van der Waals surface area contributed by atoms with Crippen LogP contribution in [-0.4, -0.2) is 31.2 Å². The van der Waals surface area contributed by atoms with E-state index in [0.29, 0.717) is 12.6 Å². The molecule has 1 aromatic carbocycles. The molecule has 1 heterocycles. The van der Waals surface area contributed by atoms with Gasteiger partial charge in [-0.1, -0.05) is 6.07 Å². The van der Waals surface area contributed by atoms with Crippen molar-refractivity contribution in [3.05, 3.63) is 35.1 Å². The summed E-state index contributed by atoms with van der Waals surface area (Å²) >= 11 is 0. The van der Waals surface area contributed by atoms with E-state index < -0.39 is 0 Å². The zero-order valence-electron chi connectivity index (χ0n) is 10.2. The number of nitrogens with two attached hydrogens (primary N) is 1. The first-order chi connectivity index (χ1) is 8.19. The first kappa shape index (κ1) is 12.5. The normalized spacial score (nSPS) is 20.1. The second-order valence-electron chi connectivity index (χ2n) is 4.60. The van der Waals surface area contributed by atoms with Crippen molar-refractivity contribution in [1.82, 2.24) is 4.90 Å². The Labute approximate surface area is 101 Å². The molecule has 3 nitrogen and oxygen atoms in total. The van der Waals surface area contributed by atoms with Crippen LogP contribution in [-0.2, 0) is 17.8 Å². The van der Waals surface area contributed by atoms with Crippen LogP contribution in [0.15, 0.2) is 18.2 Å². The Balaban J connectivity index is 2.04. The molecular formula is C13H19FN2O. The lowest BCUT2D eigenvalue weighted by Gasteiger charge is -2.23. The van der Waals surface area contributed by atoms with Gasteiger partial charge in [-0.3, -0.25) is 4.90 Å². The van der Waals surface area contributed by atoms with Gasteiger partial charge in [-0.25, -0.2) is 4.39 Å². The fraction of sp³-hybridized carbons (Fsp3) is 0.538. The van der Waals surface area contributed by atoms with E-state index in [1.165, 1.54) is 6.07 Å². The highest BCUT2D eigenvalue weighted by Crippen LogP contribution is 2.16. The third kappa shape index (κ3) is 3.25. The van der Waals surface area contributed by atoms with E-state index in [-0.39, 0.29) is 5.82 Å². The van der Waals surface area contributed by atoms with Crippen LogP contribution < -0.4 is 5.73 Å². The van der Waals surface area contributed by atoms with Crippen molar-refractivity contribution in [3.8, 4) is 0 Å². The predicted molar refractivity (Wildman–Crippen MR) is 65.0 cm³/mol. The molecule has 0 saturated carbocycles. The van der Waals surface area contributed by atoms with E-state index in [9.17, 15) is 4.39 Å². The Morgan fingerprint density at radius 1 is 1.41 bits per heavy atom. The van der Waals surface area contributed by atoms with Gasteiger partial charge in [0.15, 0.2) is 0 Å². The molecule has 17 heavy (non-hydrogen) atoms. The minimum absolute atomic E-state index is 0.209. The monoisotopic (exact) mass is 238 g/mol. The fourth-order valence-electron chi connectivity index (χ4n) is 2.21. The Bertz CT molecular complexity index is 378. The molecule has 1 saturated heterocycles. The zero-order chi connectivity index (χ0) is 12.3. The topological polar surface area (TPSA) is 38.5 Å². The van der Waals surface area contributed by atoms with E-state index in [1.54, 1.807) is 6.07 Å². The summed E-state index contributed by atoms with van der Waals surface area (Å²) in [6.07, 6.45) is 1.05. The van der Waals surface area contributed by atoms with Crippen LogP contribution in [0.4, 0.5) is 4.39 Å². The van der Waals surface area contributed by atoms with Gasteiger partial charge in [-0.05, 0) is 36.7 Å². The highest BCUT2D eigenvalue weighted by atomic mass is 19.1. The van der Waals surface area contributed by atoms with Crippen LogP contribution in [0.3, 0.4) is 0 Å². The molecule has 2 N–H and O–H groups in total. The van der Waals surface area contributed by atoms with Gasteiger partial charge < -0.3 is 10.5 Å². The molecule has 2 rings (SSSR count). The maximum atomic E-state index is 13.3. The third-order valence-electron chi connectivity index (χ3n) is 3.21. The number of benzene rings is 1. The molecule has 1 unspecified atom stereocenters. The molecule has 0 aromatic heterocycles. The van der Waals surface area contributed by atoms with Gasteiger partial charge >= 0.3 is 0 Å². The lowest BCUT2D eigenvalue weighted by atomic mass is 10.1. The van der Waals surface area contributed by atoms with Crippen molar-refractivity contribution in [3.63, 3.8) is 0 Å². The van der Waals surface area contributed by atoms with Gasteiger partial charge in [0.25, 0.3) is 0 Å². The molecule has 1 atom stereocenters. The number of rotatable bonds is 4. The molecule has 1 aliphatic heterocycles. The van der Waals surface area contributed by atoms with E-state index in [1.807, 2.05) is 13.1 Å². The standard InChI is InChI=1S/C13H19FN2O/c1-16(13-2-3-17-9-13)8-11-4-10(7-15)5-12(14)6-11/h4-6,13H,2-3,7-9,15H2,1H3. The lowest BCUT2D eigenvalue weighted by molar-refractivity contribution is 0.156. The van der Waals surface area contributed by atoms with Crippen LogP contribution in [0.25, 0.3) is 0 Å². The number of hydrogen-bond donors (Lipinski definition) is 1. The van der Waals surface area contributed by atoms with Crippen molar-refractivity contribution in [1.29, 1.82) is 0 Å². The summed E-state index contributed by atoms with van der Waals surface area (Å²) in [4.78, 5) is 2.21. The maximum absolute atomic E-state index is 13.3. The van der Waals surface area contributed by atoms with Crippen LogP contribution in [0, 0.1) is 5.82 Å². The van der Waals surface area contributed by atoms with Gasteiger partial charge in [0.1, 0.15) is 5.82 Å². The predicted octanol–water partition coefficient (Wildman–Crippen LogP) is 1.51. The maximum Gasteiger partial charge on any atom is 0.123 e. The number of likely N-dealkylation sites (N-methyl/N-ethyl adjacent to an activating group) is 1. The number of ether oxygens (including phenoxy) is 1. The van der Waals surface area contributed by atoms with Crippen LogP contribution >= 0.6 is 0 Å². The smallest absolute Gasteiger partial charge is 0.123 e. The first-order valence-electron chi connectivity index (χ1n) is 5.95. The van der Waals surface area contributed by atoms with Crippen molar-refractivity contribution in [2.75, 3.05) is 20.3 Å². The summed E-state index contributed by atoms with van der Waals surface area (Å²) in [5.74, 6) is -0.209. The van der Waals surface area contributed by atoms with Gasteiger partial charge in [-0.2, -0.15) is 0 Å². The van der Waals surface area contributed by atoms with Crippen molar-refractivity contribution >= 4 is 0 Å². The van der Waals surface area contributed by atoms with Gasteiger partial charge in [0.05, 0.1) is 6.61 Å². The third-order valence-corrected chi connectivity index (χ3v) is 3.21. The molecular weight excluding hydrogens is 219 g/mol. The minimum Gasteiger partial charge on any atom is -0.380 e. The van der Waals surface area contributed by atoms with Gasteiger partial charge in [-0.15, -0.1) is 0 Å². The summed E-state index contributed by atoms with van der Waals surface area (Å²) in [5.41, 5.74) is 7.36. The van der Waals surface area contributed by atoms with E-state index in [0.717, 1.165) is 37.3 Å². The molecule has 0 spiro atoms. The van der Waals surface area contributed by atoms with Crippen molar-refractivity contribution in [2.24, 2.45) is 5.73 Å². The summed E-state index contributed by atoms with van der Waals surface area (Å²) in [6.45, 7) is 2.71. The van der Waals surface area contributed by atoms with Crippen LogP contribution in [0.1, 0.15) is 17.5 Å². The molecule has 0 amide bonds. The summed E-state index contributed by atoms with van der Waals surface area (Å²) < 4.78 is 18.7. The van der Waals surface area contributed by atoms with Crippen molar-refractivity contribution in [2.45, 2.75) is 25.6 Å². The molecule has 1 fully saturated rings. The summed E-state index contributed by atoms with van der Waals surface area (Å²) in [6, 6.07) is 5.47. The highest BCUT2D eigenvalue weighted by molar-refractivity contribution is 5.24. The first-order valence-corrected chi connectivity index (χ1v) is 5.95. The highest BCUT2D eigenvalue weighted by Gasteiger charge is 2.20.